The van der Waals surface area contributed by atoms with E-state index in [2.05, 4.69) is 26.1 Å². The van der Waals surface area contributed by atoms with Crippen LogP contribution in [0.3, 0.4) is 0 Å². The third-order valence-electron chi connectivity index (χ3n) is 3.59. The van der Waals surface area contributed by atoms with Gasteiger partial charge < -0.3 is 11.1 Å². The van der Waals surface area contributed by atoms with Gasteiger partial charge in [0.2, 0.25) is 5.91 Å². The second-order valence-corrected chi connectivity index (χ2v) is 5.57. The van der Waals surface area contributed by atoms with Crippen LogP contribution in [0.1, 0.15) is 5.56 Å². The van der Waals surface area contributed by atoms with Crippen LogP contribution in [-0.4, -0.2) is 15.9 Å². The zero-order valence-corrected chi connectivity index (χ0v) is 14.0. The van der Waals surface area contributed by atoms with Gasteiger partial charge in [0.15, 0.2) is 23.3 Å². The Kier molecular flexibility index (Phi) is 5.41. The second-order valence-electron chi connectivity index (χ2n) is 5.57. The molecule has 0 bridgehead atoms. The molecule has 9 heteroatoms. The zero-order chi connectivity index (χ0) is 19.2. The van der Waals surface area contributed by atoms with Crippen molar-refractivity contribution in [3.05, 3.63) is 72.1 Å². The Morgan fingerprint density at radius 3 is 2.48 bits per heavy atom. The van der Waals surface area contributed by atoms with E-state index in [0.29, 0.717) is 0 Å². The summed E-state index contributed by atoms with van der Waals surface area (Å²) in [6, 6.07) is 12.5. The number of nitrogen functional groups attached to an aromatic ring is 1. The van der Waals surface area contributed by atoms with Crippen molar-refractivity contribution >= 4 is 28.9 Å². The Morgan fingerprint density at radius 2 is 1.74 bits per heavy atom. The van der Waals surface area contributed by atoms with Crippen molar-refractivity contribution in [3.8, 4) is 0 Å². The molecule has 0 aliphatic rings. The first-order valence-corrected chi connectivity index (χ1v) is 7.94. The molecule has 138 valence electrons. The number of halogens is 2. The molecule has 0 spiro atoms. The molecule has 3 rings (SSSR count). The van der Waals surface area contributed by atoms with Crippen molar-refractivity contribution < 1.29 is 13.6 Å². The Bertz CT molecular complexity index is 952. The molecule has 0 radical (unpaired) electrons. The summed E-state index contributed by atoms with van der Waals surface area (Å²) in [7, 11) is 0. The maximum absolute atomic E-state index is 13.3. The van der Waals surface area contributed by atoms with Crippen molar-refractivity contribution in [2.24, 2.45) is 0 Å². The topological polar surface area (TPSA) is 105 Å². The van der Waals surface area contributed by atoms with E-state index in [1.54, 1.807) is 0 Å². The maximum Gasteiger partial charge on any atom is 0.242 e. The van der Waals surface area contributed by atoms with E-state index in [0.717, 1.165) is 17.7 Å². The average molecular weight is 370 g/mol. The second kappa shape index (κ2) is 8.09. The van der Waals surface area contributed by atoms with Gasteiger partial charge in [-0.15, -0.1) is 0 Å². The number of rotatable bonds is 6. The molecule has 7 nitrogen and oxygen atoms in total. The summed E-state index contributed by atoms with van der Waals surface area (Å²) in [4.78, 5) is 19.9. The van der Waals surface area contributed by atoms with Gasteiger partial charge in [0.05, 0.1) is 6.42 Å². The van der Waals surface area contributed by atoms with Crippen molar-refractivity contribution in [1.82, 2.24) is 15.4 Å². The molecule has 0 atom stereocenters. The summed E-state index contributed by atoms with van der Waals surface area (Å²) in [5, 5.41) is 2.77. The number of aromatic nitrogens is 2. The highest BCUT2D eigenvalue weighted by Gasteiger charge is 2.11. The standard InChI is InChI=1S/C18H16F2N6O/c19-13-7-6-12(9-14(13)20)24-17-16(21)18(23-10-22-17)26-25-15(27)8-11-4-2-1-3-5-11/h1-7,9-10H,8,21H2,(H,25,27)(H2,22,23,24,26). The Balaban J connectivity index is 1.65. The van der Waals surface area contributed by atoms with Crippen LogP contribution < -0.4 is 21.9 Å². The van der Waals surface area contributed by atoms with Crippen LogP contribution in [0.15, 0.2) is 54.9 Å². The lowest BCUT2D eigenvalue weighted by atomic mass is 10.1. The Labute approximate surface area is 153 Å². The highest BCUT2D eigenvalue weighted by Crippen LogP contribution is 2.26. The van der Waals surface area contributed by atoms with Crippen molar-refractivity contribution in [2.45, 2.75) is 6.42 Å². The first-order valence-electron chi connectivity index (χ1n) is 7.94. The number of hydrogen-bond acceptors (Lipinski definition) is 6. The van der Waals surface area contributed by atoms with Crippen molar-refractivity contribution in [1.29, 1.82) is 0 Å². The van der Waals surface area contributed by atoms with Crippen LogP contribution in [0.25, 0.3) is 0 Å². The molecule has 0 saturated carbocycles. The van der Waals surface area contributed by atoms with Gasteiger partial charge in [-0.2, -0.15) is 0 Å². The van der Waals surface area contributed by atoms with Gasteiger partial charge in [0.1, 0.15) is 12.0 Å². The molecule has 27 heavy (non-hydrogen) atoms. The number of amides is 1. The van der Waals surface area contributed by atoms with Crippen LogP contribution >= 0.6 is 0 Å². The van der Waals surface area contributed by atoms with Gasteiger partial charge in [-0.05, 0) is 17.7 Å². The summed E-state index contributed by atoms with van der Waals surface area (Å²) < 4.78 is 26.3. The molecule has 0 aliphatic heterocycles. The lowest BCUT2D eigenvalue weighted by molar-refractivity contribution is -0.119. The molecule has 5 N–H and O–H groups in total. The van der Waals surface area contributed by atoms with Gasteiger partial charge in [0, 0.05) is 11.8 Å². The molecular weight excluding hydrogens is 354 g/mol. The SMILES string of the molecule is Nc1c(NNC(=O)Cc2ccccc2)ncnc1Nc1ccc(F)c(F)c1. The molecule has 1 aromatic heterocycles. The number of carbonyl (C=O) groups excluding carboxylic acids is 1. The molecule has 0 aliphatic carbocycles. The predicted molar refractivity (Wildman–Crippen MR) is 98.0 cm³/mol. The molecule has 0 saturated heterocycles. The predicted octanol–water partition coefficient (Wildman–Crippen LogP) is 2.77. The monoisotopic (exact) mass is 370 g/mol. The molecule has 2 aromatic carbocycles. The van der Waals surface area contributed by atoms with E-state index in [-0.39, 0.29) is 35.3 Å². The number of hydrazine groups is 1. The zero-order valence-electron chi connectivity index (χ0n) is 14.0. The minimum absolute atomic E-state index is 0.0993. The van der Waals surface area contributed by atoms with E-state index in [1.807, 2.05) is 30.3 Å². The third-order valence-corrected chi connectivity index (χ3v) is 3.59. The number of hydrogen-bond donors (Lipinski definition) is 4. The Hall–Kier alpha value is -3.75. The van der Waals surface area contributed by atoms with Crippen LogP contribution in [0.2, 0.25) is 0 Å². The lowest BCUT2D eigenvalue weighted by Crippen LogP contribution is -2.31. The normalized spacial score (nSPS) is 10.3. The van der Waals surface area contributed by atoms with Crippen molar-refractivity contribution in [3.63, 3.8) is 0 Å². The van der Waals surface area contributed by atoms with Gasteiger partial charge in [0.25, 0.3) is 0 Å². The summed E-state index contributed by atoms with van der Waals surface area (Å²) in [6.45, 7) is 0. The molecule has 0 fully saturated rings. The Morgan fingerprint density at radius 1 is 1.00 bits per heavy atom. The third kappa shape index (κ3) is 4.66. The number of benzene rings is 2. The molecule has 3 aromatic rings. The fraction of sp³-hybridized carbons (Fsp3) is 0.0556. The van der Waals surface area contributed by atoms with Gasteiger partial charge in [-0.3, -0.25) is 15.6 Å². The van der Waals surface area contributed by atoms with Gasteiger partial charge in [-0.1, -0.05) is 30.3 Å². The number of nitrogens with two attached hydrogens (primary N) is 1. The number of carbonyl (C=O) groups is 1. The van der Waals surface area contributed by atoms with Gasteiger partial charge >= 0.3 is 0 Å². The molecule has 0 unspecified atom stereocenters. The van der Waals surface area contributed by atoms with Gasteiger partial charge in [-0.25, -0.2) is 18.7 Å². The first kappa shape index (κ1) is 18.1. The minimum Gasteiger partial charge on any atom is -0.393 e. The van der Waals surface area contributed by atoms with Crippen LogP contribution in [0, 0.1) is 11.6 Å². The van der Waals surface area contributed by atoms with Crippen LogP contribution in [0.5, 0.6) is 0 Å². The van der Waals surface area contributed by atoms with Crippen LogP contribution in [0.4, 0.5) is 31.8 Å². The number of nitrogens with one attached hydrogen (secondary N) is 3. The quantitative estimate of drug-likeness (QED) is 0.498. The number of nitrogens with zero attached hydrogens (tertiary/aromatic N) is 2. The minimum atomic E-state index is -1.00. The van der Waals surface area contributed by atoms with E-state index in [1.165, 1.54) is 12.4 Å². The summed E-state index contributed by atoms with van der Waals surface area (Å²) in [6.07, 6.45) is 1.39. The van der Waals surface area contributed by atoms with E-state index in [4.69, 9.17) is 5.73 Å². The fourth-order valence-electron chi connectivity index (χ4n) is 2.26. The van der Waals surface area contributed by atoms with E-state index in [9.17, 15) is 13.6 Å². The highest BCUT2D eigenvalue weighted by atomic mass is 19.2. The summed E-state index contributed by atoms with van der Waals surface area (Å²) in [5.74, 6) is -1.90. The van der Waals surface area contributed by atoms with E-state index < -0.39 is 11.6 Å². The first-order chi connectivity index (χ1) is 13.0. The number of anilines is 4. The summed E-state index contributed by atoms with van der Waals surface area (Å²) in [5.41, 5.74) is 12.3. The largest absolute Gasteiger partial charge is 0.393 e. The maximum atomic E-state index is 13.3. The lowest BCUT2D eigenvalue weighted by Gasteiger charge is -2.13. The smallest absolute Gasteiger partial charge is 0.242 e. The molecule has 1 amide bonds. The fourth-order valence-corrected chi connectivity index (χ4v) is 2.26. The van der Waals surface area contributed by atoms with Crippen molar-refractivity contribution in [2.75, 3.05) is 16.5 Å². The molecule has 1 heterocycles. The average Bonchev–Trinajstić information content (AvgIpc) is 2.66. The van der Waals surface area contributed by atoms with E-state index >= 15 is 0 Å². The highest BCUT2D eigenvalue weighted by molar-refractivity contribution is 5.82. The summed E-state index contributed by atoms with van der Waals surface area (Å²) >= 11 is 0. The van der Waals surface area contributed by atoms with Crippen LogP contribution in [-0.2, 0) is 11.2 Å². The molecular formula is C18H16F2N6O.